The zero-order valence-corrected chi connectivity index (χ0v) is 14.7. The predicted molar refractivity (Wildman–Crippen MR) is 93.4 cm³/mol. The summed E-state index contributed by atoms with van der Waals surface area (Å²) in [5, 5.41) is 18.1. The molecule has 7 nitrogen and oxygen atoms in total. The van der Waals surface area contributed by atoms with Gasteiger partial charge in [0.15, 0.2) is 29.1 Å². The summed E-state index contributed by atoms with van der Waals surface area (Å²) in [5.74, 6) is -1.78. The molecule has 0 aliphatic heterocycles. The highest BCUT2D eigenvalue weighted by molar-refractivity contribution is 5.94. The van der Waals surface area contributed by atoms with Gasteiger partial charge in [0.1, 0.15) is 11.4 Å². The average molecular weight is 389 g/mol. The van der Waals surface area contributed by atoms with Gasteiger partial charge in [0.2, 0.25) is 0 Å². The Morgan fingerprint density at radius 1 is 1.11 bits per heavy atom. The molecule has 2 N–H and O–H groups in total. The van der Waals surface area contributed by atoms with E-state index < -0.39 is 24.3 Å². The predicted octanol–water partition coefficient (Wildman–Crippen LogP) is 2.32. The van der Waals surface area contributed by atoms with E-state index in [2.05, 4.69) is 15.0 Å². The topological polar surface area (TPSA) is 109 Å². The van der Waals surface area contributed by atoms with Crippen LogP contribution in [0.3, 0.4) is 0 Å². The van der Waals surface area contributed by atoms with Crippen LogP contribution in [0.25, 0.3) is 11.5 Å². The number of rotatable bonds is 8. The molecule has 0 bridgehead atoms. The lowest BCUT2D eigenvalue weighted by molar-refractivity contribution is 0.0777. The van der Waals surface area contributed by atoms with Gasteiger partial charge in [0, 0.05) is 18.7 Å². The summed E-state index contributed by atoms with van der Waals surface area (Å²) in [7, 11) is 0. The molecule has 3 rings (SSSR count). The van der Waals surface area contributed by atoms with E-state index in [1.165, 1.54) is 12.4 Å². The molecule has 0 amide bonds. The van der Waals surface area contributed by atoms with Crippen molar-refractivity contribution in [3.63, 3.8) is 0 Å². The Hall–Kier alpha value is -3.04. The summed E-state index contributed by atoms with van der Waals surface area (Å²) < 4.78 is 31.8. The second kappa shape index (κ2) is 8.77. The molecule has 0 radical (unpaired) electrons. The first-order valence-corrected chi connectivity index (χ1v) is 8.49. The summed E-state index contributed by atoms with van der Waals surface area (Å²) in [4.78, 5) is 23.9. The number of carbonyl (C=O) groups is 1. The van der Waals surface area contributed by atoms with Crippen molar-refractivity contribution in [2.24, 2.45) is 0 Å². The van der Waals surface area contributed by atoms with Gasteiger partial charge >= 0.3 is 0 Å². The van der Waals surface area contributed by atoms with E-state index >= 15 is 0 Å². The summed E-state index contributed by atoms with van der Waals surface area (Å²) in [6.45, 7) is -0.391. The number of ketones is 1. The number of aliphatic hydroxyl groups excluding tert-OH is 2. The molecule has 28 heavy (non-hydrogen) atoms. The molecule has 3 aromatic heterocycles. The van der Waals surface area contributed by atoms with E-state index in [1.54, 1.807) is 12.1 Å². The number of hydrogen-bond donors (Lipinski definition) is 2. The van der Waals surface area contributed by atoms with Gasteiger partial charge in [-0.25, -0.2) is 18.7 Å². The minimum absolute atomic E-state index is 0.0817. The highest BCUT2D eigenvalue weighted by Crippen LogP contribution is 2.21. The first-order valence-electron chi connectivity index (χ1n) is 8.49. The third kappa shape index (κ3) is 4.81. The number of aliphatic hydroxyl groups is 2. The number of halogens is 2. The maximum Gasteiger partial charge on any atom is 0.199 e. The summed E-state index contributed by atoms with van der Waals surface area (Å²) in [5.41, 5.74) is 1.12. The number of pyridine rings is 2. The number of Topliss-reactive ketones (excluding diaryl/α,β-unsaturated/α-hetero) is 1. The number of hydrogen-bond acceptors (Lipinski definition) is 7. The van der Waals surface area contributed by atoms with Crippen molar-refractivity contribution in [2.45, 2.75) is 25.4 Å². The molecular formula is C19H17F2N3O4. The van der Waals surface area contributed by atoms with Crippen LogP contribution >= 0.6 is 0 Å². The van der Waals surface area contributed by atoms with Gasteiger partial charge in [0.05, 0.1) is 31.5 Å². The smallest absolute Gasteiger partial charge is 0.199 e. The molecule has 0 aliphatic rings. The van der Waals surface area contributed by atoms with E-state index in [0.29, 0.717) is 5.89 Å². The van der Waals surface area contributed by atoms with Gasteiger partial charge in [-0.05, 0) is 18.1 Å². The zero-order valence-electron chi connectivity index (χ0n) is 14.7. The molecule has 0 saturated carbocycles. The molecule has 0 saturated heterocycles. The normalized spacial score (nSPS) is 12.1. The van der Waals surface area contributed by atoms with Crippen molar-refractivity contribution in [3.05, 3.63) is 65.6 Å². The molecular weight excluding hydrogens is 372 g/mol. The third-order valence-electron chi connectivity index (χ3n) is 4.00. The molecule has 0 aromatic carbocycles. The summed E-state index contributed by atoms with van der Waals surface area (Å²) in [6.07, 6.45) is 3.25. The van der Waals surface area contributed by atoms with E-state index in [-0.39, 0.29) is 42.2 Å². The lowest BCUT2D eigenvalue weighted by atomic mass is 10.1. The lowest BCUT2D eigenvalue weighted by Gasteiger charge is -2.06. The first kappa shape index (κ1) is 19.7. The first-order chi connectivity index (χ1) is 13.5. The molecule has 3 heterocycles. The van der Waals surface area contributed by atoms with E-state index in [1.807, 2.05) is 0 Å². The zero-order chi connectivity index (χ0) is 20.1. The monoisotopic (exact) mass is 389 g/mol. The SMILES string of the molecule is O=C(CC[C@@H](O)CO)c1ccc(Cc2ncc(-c3cc(F)c(F)cn3)o2)cn1. The molecule has 9 heteroatoms. The van der Waals surface area contributed by atoms with Crippen molar-refractivity contribution < 1.29 is 28.2 Å². The molecule has 3 aromatic rings. The summed E-state index contributed by atoms with van der Waals surface area (Å²) in [6, 6.07) is 4.18. The quantitative estimate of drug-likeness (QED) is 0.569. The van der Waals surface area contributed by atoms with Crippen molar-refractivity contribution in [3.8, 4) is 11.5 Å². The highest BCUT2D eigenvalue weighted by atomic mass is 19.2. The minimum atomic E-state index is -1.05. The molecule has 0 fully saturated rings. The Morgan fingerprint density at radius 2 is 1.93 bits per heavy atom. The van der Waals surface area contributed by atoms with Crippen LogP contribution in [0.4, 0.5) is 8.78 Å². The van der Waals surface area contributed by atoms with E-state index in [4.69, 9.17) is 9.52 Å². The minimum Gasteiger partial charge on any atom is -0.439 e. The van der Waals surface area contributed by atoms with Crippen LogP contribution < -0.4 is 0 Å². The number of oxazole rings is 1. The average Bonchev–Trinajstić information content (AvgIpc) is 3.17. The van der Waals surface area contributed by atoms with Gasteiger partial charge in [-0.2, -0.15) is 0 Å². The van der Waals surface area contributed by atoms with Gasteiger partial charge in [0.25, 0.3) is 0 Å². The Bertz CT molecular complexity index is 960. The standard InChI is InChI=1S/C19H17F2N3O4/c20-13-6-16(23-8-14(13)21)18-9-24-19(28-18)5-11-1-3-15(22-7-11)17(27)4-2-12(26)10-25/h1,3,6-9,12,25-26H,2,4-5,10H2/t12-/m1/s1. The Labute approximate surface area is 158 Å². The van der Waals surface area contributed by atoms with Crippen LogP contribution in [0.15, 0.2) is 41.2 Å². The van der Waals surface area contributed by atoms with Crippen LogP contribution in [0.1, 0.15) is 34.8 Å². The number of nitrogens with zero attached hydrogens (tertiary/aromatic N) is 3. The van der Waals surface area contributed by atoms with E-state index in [9.17, 15) is 18.7 Å². The van der Waals surface area contributed by atoms with Crippen LogP contribution in [0.2, 0.25) is 0 Å². The van der Waals surface area contributed by atoms with Crippen LogP contribution in [-0.2, 0) is 6.42 Å². The molecule has 0 aliphatic carbocycles. The molecule has 0 spiro atoms. The van der Waals surface area contributed by atoms with Crippen LogP contribution in [0.5, 0.6) is 0 Å². The van der Waals surface area contributed by atoms with Crippen LogP contribution in [0, 0.1) is 11.6 Å². The Kier molecular flexibility index (Phi) is 6.17. The fraction of sp³-hybridized carbons (Fsp3) is 0.263. The van der Waals surface area contributed by atoms with Crippen molar-refractivity contribution >= 4 is 5.78 Å². The largest absolute Gasteiger partial charge is 0.439 e. The summed E-state index contributed by atoms with van der Waals surface area (Å²) >= 11 is 0. The van der Waals surface area contributed by atoms with Gasteiger partial charge in [-0.1, -0.05) is 6.07 Å². The van der Waals surface area contributed by atoms with Gasteiger partial charge < -0.3 is 14.6 Å². The maximum absolute atomic E-state index is 13.3. The van der Waals surface area contributed by atoms with Crippen molar-refractivity contribution in [1.29, 1.82) is 0 Å². The second-order valence-corrected chi connectivity index (χ2v) is 6.13. The maximum atomic E-state index is 13.3. The molecule has 0 unspecified atom stereocenters. The molecule has 1 atom stereocenters. The lowest BCUT2D eigenvalue weighted by Crippen LogP contribution is -2.14. The fourth-order valence-electron chi connectivity index (χ4n) is 2.44. The Balaban J connectivity index is 1.64. The van der Waals surface area contributed by atoms with Gasteiger partial charge in [-0.15, -0.1) is 0 Å². The highest BCUT2D eigenvalue weighted by Gasteiger charge is 2.13. The number of carbonyl (C=O) groups excluding carboxylic acids is 1. The van der Waals surface area contributed by atoms with Crippen LogP contribution in [-0.4, -0.2) is 43.7 Å². The van der Waals surface area contributed by atoms with Crippen molar-refractivity contribution in [2.75, 3.05) is 6.61 Å². The van der Waals surface area contributed by atoms with E-state index in [0.717, 1.165) is 17.8 Å². The second-order valence-electron chi connectivity index (χ2n) is 6.13. The van der Waals surface area contributed by atoms with Gasteiger partial charge in [-0.3, -0.25) is 9.78 Å². The molecule has 146 valence electrons. The van der Waals surface area contributed by atoms with Crippen molar-refractivity contribution in [1.82, 2.24) is 15.0 Å². The Morgan fingerprint density at radius 3 is 2.61 bits per heavy atom. The fourth-order valence-corrected chi connectivity index (χ4v) is 2.44. The third-order valence-corrected chi connectivity index (χ3v) is 4.00. The number of aromatic nitrogens is 3.